The maximum absolute atomic E-state index is 12.7. The van der Waals surface area contributed by atoms with Crippen molar-refractivity contribution in [1.29, 1.82) is 0 Å². The van der Waals surface area contributed by atoms with Gasteiger partial charge in [-0.25, -0.2) is 0 Å². The van der Waals surface area contributed by atoms with Gasteiger partial charge in [-0.15, -0.1) is 0 Å². The van der Waals surface area contributed by atoms with Crippen LogP contribution in [-0.4, -0.2) is 28.1 Å². The normalized spacial score (nSPS) is 12.2. The molecule has 6 nitrogen and oxygen atoms in total. The van der Waals surface area contributed by atoms with Crippen LogP contribution in [0.1, 0.15) is 29.8 Å². The van der Waals surface area contributed by atoms with Crippen molar-refractivity contribution in [3.8, 4) is 0 Å². The fraction of sp³-hybridized carbons (Fsp3) is 0.250. The number of rotatable bonds is 5. The molecule has 1 atom stereocenters. The lowest BCUT2D eigenvalue weighted by Gasteiger charge is -2.22. The van der Waals surface area contributed by atoms with Gasteiger partial charge in [0.2, 0.25) is 5.91 Å². The summed E-state index contributed by atoms with van der Waals surface area (Å²) in [7, 11) is 0. The summed E-state index contributed by atoms with van der Waals surface area (Å²) >= 11 is 0. The summed E-state index contributed by atoms with van der Waals surface area (Å²) < 4.78 is 0. The molecule has 3 N–H and O–H groups in total. The van der Waals surface area contributed by atoms with Gasteiger partial charge < -0.3 is 10.6 Å². The zero-order valence-corrected chi connectivity index (χ0v) is 15.0. The SMILES string of the molecule is Cc1ccccc1C(=O)N[C@H](C(=O)Nc1ccc2[nH]ncc2c1)C(C)C. The molecule has 0 spiro atoms. The highest BCUT2D eigenvalue weighted by Gasteiger charge is 2.25. The summed E-state index contributed by atoms with van der Waals surface area (Å²) in [5.74, 6) is -0.548. The number of fused-ring (bicyclic) bond motifs is 1. The van der Waals surface area contributed by atoms with E-state index in [1.807, 2.05) is 51.1 Å². The average molecular weight is 350 g/mol. The summed E-state index contributed by atoms with van der Waals surface area (Å²) in [6.07, 6.45) is 1.70. The molecule has 3 aromatic rings. The van der Waals surface area contributed by atoms with Gasteiger partial charge in [0.1, 0.15) is 6.04 Å². The van der Waals surface area contributed by atoms with E-state index in [2.05, 4.69) is 20.8 Å². The van der Waals surface area contributed by atoms with E-state index in [4.69, 9.17) is 0 Å². The number of hydrogen-bond donors (Lipinski definition) is 3. The number of aromatic nitrogens is 2. The number of anilines is 1. The monoisotopic (exact) mass is 350 g/mol. The van der Waals surface area contributed by atoms with Crippen molar-refractivity contribution < 1.29 is 9.59 Å². The molecular formula is C20H22N4O2. The van der Waals surface area contributed by atoms with Crippen molar-refractivity contribution in [2.75, 3.05) is 5.32 Å². The minimum Gasteiger partial charge on any atom is -0.340 e. The van der Waals surface area contributed by atoms with Gasteiger partial charge >= 0.3 is 0 Å². The lowest BCUT2D eigenvalue weighted by Crippen LogP contribution is -2.47. The summed E-state index contributed by atoms with van der Waals surface area (Å²) in [4.78, 5) is 25.3. The molecule has 134 valence electrons. The Kier molecular flexibility index (Phi) is 5.02. The summed E-state index contributed by atoms with van der Waals surface area (Å²) in [6, 6.07) is 12.2. The fourth-order valence-corrected chi connectivity index (χ4v) is 2.82. The van der Waals surface area contributed by atoms with Crippen molar-refractivity contribution in [3.05, 3.63) is 59.8 Å². The van der Waals surface area contributed by atoms with Crippen molar-refractivity contribution in [1.82, 2.24) is 15.5 Å². The first-order chi connectivity index (χ1) is 12.5. The highest BCUT2D eigenvalue weighted by atomic mass is 16.2. The minimum absolute atomic E-state index is 0.0550. The van der Waals surface area contributed by atoms with Crippen LogP contribution in [0.25, 0.3) is 10.9 Å². The predicted molar refractivity (Wildman–Crippen MR) is 102 cm³/mol. The van der Waals surface area contributed by atoms with Gasteiger partial charge in [-0.1, -0.05) is 32.0 Å². The van der Waals surface area contributed by atoms with Gasteiger partial charge in [0.05, 0.1) is 11.7 Å². The molecule has 0 aliphatic heterocycles. The fourth-order valence-electron chi connectivity index (χ4n) is 2.82. The molecule has 0 aliphatic rings. The number of nitrogens with zero attached hydrogens (tertiary/aromatic N) is 1. The Labute approximate surface area is 152 Å². The Morgan fingerprint density at radius 1 is 1.12 bits per heavy atom. The standard InChI is InChI=1S/C20H22N4O2/c1-12(2)18(23-19(25)16-7-5-4-6-13(16)3)20(26)22-15-8-9-17-14(10-15)11-21-24-17/h4-12,18H,1-3H3,(H,21,24)(H,22,26)(H,23,25)/t18-/m0/s1. The van der Waals surface area contributed by atoms with E-state index in [-0.39, 0.29) is 17.7 Å². The molecule has 3 rings (SSSR count). The van der Waals surface area contributed by atoms with E-state index >= 15 is 0 Å². The second-order valence-corrected chi connectivity index (χ2v) is 6.67. The Morgan fingerprint density at radius 2 is 1.88 bits per heavy atom. The smallest absolute Gasteiger partial charge is 0.252 e. The van der Waals surface area contributed by atoms with Crippen LogP contribution < -0.4 is 10.6 Å². The van der Waals surface area contributed by atoms with E-state index in [0.29, 0.717) is 11.3 Å². The molecule has 0 radical (unpaired) electrons. The Balaban J connectivity index is 1.75. The average Bonchev–Trinajstić information content (AvgIpc) is 3.07. The van der Waals surface area contributed by atoms with Crippen molar-refractivity contribution in [3.63, 3.8) is 0 Å². The van der Waals surface area contributed by atoms with E-state index in [0.717, 1.165) is 16.5 Å². The third-order valence-corrected chi connectivity index (χ3v) is 4.33. The minimum atomic E-state index is -0.637. The molecular weight excluding hydrogens is 328 g/mol. The van der Waals surface area contributed by atoms with E-state index in [1.165, 1.54) is 0 Å². The molecule has 0 saturated carbocycles. The van der Waals surface area contributed by atoms with E-state index in [1.54, 1.807) is 18.3 Å². The molecule has 2 aromatic carbocycles. The van der Waals surface area contributed by atoms with Gasteiger partial charge in [0.15, 0.2) is 0 Å². The highest BCUT2D eigenvalue weighted by Crippen LogP contribution is 2.18. The lowest BCUT2D eigenvalue weighted by atomic mass is 10.0. The van der Waals surface area contributed by atoms with Crippen LogP contribution in [-0.2, 0) is 4.79 Å². The second kappa shape index (κ2) is 7.39. The second-order valence-electron chi connectivity index (χ2n) is 6.67. The Bertz CT molecular complexity index is 946. The molecule has 0 fully saturated rings. The topological polar surface area (TPSA) is 86.9 Å². The summed E-state index contributed by atoms with van der Waals surface area (Å²) in [6.45, 7) is 5.68. The van der Waals surface area contributed by atoms with Gasteiger partial charge in [0, 0.05) is 16.6 Å². The Hall–Kier alpha value is -3.15. The summed E-state index contributed by atoms with van der Waals surface area (Å²) in [5.41, 5.74) is 3.01. The van der Waals surface area contributed by atoms with Crippen LogP contribution in [0.2, 0.25) is 0 Å². The molecule has 6 heteroatoms. The van der Waals surface area contributed by atoms with Crippen LogP contribution in [0.15, 0.2) is 48.7 Å². The largest absolute Gasteiger partial charge is 0.340 e. The lowest BCUT2D eigenvalue weighted by molar-refractivity contribution is -0.118. The molecule has 1 heterocycles. The van der Waals surface area contributed by atoms with Crippen LogP contribution in [0.5, 0.6) is 0 Å². The highest BCUT2D eigenvalue weighted by molar-refractivity contribution is 6.02. The van der Waals surface area contributed by atoms with E-state index in [9.17, 15) is 9.59 Å². The van der Waals surface area contributed by atoms with Gasteiger partial charge in [0.25, 0.3) is 5.91 Å². The summed E-state index contributed by atoms with van der Waals surface area (Å²) in [5, 5.41) is 13.5. The van der Waals surface area contributed by atoms with Gasteiger partial charge in [-0.2, -0.15) is 5.10 Å². The van der Waals surface area contributed by atoms with Crippen LogP contribution in [0.4, 0.5) is 5.69 Å². The molecule has 0 saturated heterocycles. The number of nitrogens with one attached hydrogen (secondary N) is 3. The number of benzene rings is 2. The number of aryl methyl sites for hydroxylation is 1. The van der Waals surface area contributed by atoms with Crippen LogP contribution in [0, 0.1) is 12.8 Å². The van der Waals surface area contributed by atoms with Crippen molar-refractivity contribution in [2.45, 2.75) is 26.8 Å². The zero-order chi connectivity index (χ0) is 18.7. The quantitative estimate of drug-likeness (QED) is 0.660. The first-order valence-electron chi connectivity index (χ1n) is 8.56. The van der Waals surface area contributed by atoms with Gasteiger partial charge in [-0.3, -0.25) is 14.7 Å². The third-order valence-electron chi connectivity index (χ3n) is 4.33. The van der Waals surface area contributed by atoms with Crippen LogP contribution >= 0.6 is 0 Å². The number of carbonyl (C=O) groups is 2. The predicted octanol–water partition coefficient (Wildman–Crippen LogP) is 3.26. The number of amides is 2. The maximum atomic E-state index is 12.7. The molecule has 2 amide bonds. The number of H-pyrrole nitrogens is 1. The van der Waals surface area contributed by atoms with E-state index < -0.39 is 6.04 Å². The van der Waals surface area contributed by atoms with Crippen molar-refractivity contribution >= 4 is 28.4 Å². The molecule has 26 heavy (non-hydrogen) atoms. The Morgan fingerprint density at radius 3 is 2.62 bits per heavy atom. The van der Waals surface area contributed by atoms with Gasteiger partial charge in [-0.05, 0) is 42.7 Å². The molecule has 1 aromatic heterocycles. The number of hydrogen-bond acceptors (Lipinski definition) is 3. The van der Waals surface area contributed by atoms with Crippen molar-refractivity contribution in [2.24, 2.45) is 5.92 Å². The maximum Gasteiger partial charge on any atom is 0.252 e. The molecule has 0 aliphatic carbocycles. The van der Waals surface area contributed by atoms with Crippen LogP contribution in [0.3, 0.4) is 0 Å². The molecule has 0 unspecified atom stereocenters. The first kappa shape index (κ1) is 17.7. The number of aromatic amines is 1. The first-order valence-corrected chi connectivity index (χ1v) is 8.56. The molecule has 0 bridgehead atoms. The third kappa shape index (κ3) is 3.74. The number of carbonyl (C=O) groups excluding carboxylic acids is 2. The zero-order valence-electron chi connectivity index (χ0n) is 15.0.